The van der Waals surface area contributed by atoms with Crippen molar-refractivity contribution in [2.24, 2.45) is 0 Å². The summed E-state index contributed by atoms with van der Waals surface area (Å²) in [6.45, 7) is 5.89. The number of aryl methyl sites for hydroxylation is 2. The first-order chi connectivity index (χ1) is 12.7. The van der Waals surface area contributed by atoms with Gasteiger partial charge in [0, 0.05) is 10.6 Å². The number of hydrogen-bond acceptors (Lipinski definition) is 2. The Morgan fingerprint density at radius 1 is 1.19 bits per heavy atom. The van der Waals surface area contributed by atoms with Crippen LogP contribution in [0.5, 0.6) is 0 Å². The van der Waals surface area contributed by atoms with Crippen molar-refractivity contribution in [1.29, 1.82) is 0 Å². The number of hydrogen-bond donors (Lipinski definition) is 1. The normalized spacial score (nSPS) is 14.3. The lowest BCUT2D eigenvalue weighted by Crippen LogP contribution is -2.28. The van der Waals surface area contributed by atoms with E-state index < -0.39 is 0 Å². The summed E-state index contributed by atoms with van der Waals surface area (Å²) in [6, 6.07) is 14.6. The fraction of sp³-hybridized carbons (Fsp3) is 0.348. The van der Waals surface area contributed by atoms with Crippen molar-refractivity contribution in [2.45, 2.75) is 50.0 Å². The fourth-order valence-electron chi connectivity index (χ4n) is 3.56. The maximum absolute atomic E-state index is 12.9. The van der Waals surface area contributed by atoms with Crippen LogP contribution in [0.25, 0.3) is 0 Å². The summed E-state index contributed by atoms with van der Waals surface area (Å²) < 4.78 is 0. The van der Waals surface area contributed by atoms with Crippen LogP contribution < -0.4 is 5.32 Å². The second-order valence-corrected chi connectivity index (χ2v) is 7.83. The average molecular weight is 366 g/mol. The third-order valence-corrected chi connectivity index (χ3v) is 6.05. The molecule has 0 spiro atoms. The number of fused-ring (bicyclic) bond motifs is 1. The molecular formula is C23H27NOS. The summed E-state index contributed by atoms with van der Waals surface area (Å²) >= 11 is 1.65. The number of nitrogens with one attached hydrogen (secondary N) is 1. The summed E-state index contributed by atoms with van der Waals surface area (Å²) in [5.74, 6) is 0.800. The maximum atomic E-state index is 12.9. The summed E-state index contributed by atoms with van der Waals surface area (Å²) in [5, 5.41) is 3.24. The van der Waals surface area contributed by atoms with Gasteiger partial charge in [0.1, 0.15) is 0 Å². The lowest BCUT2D eigenvalue weighted by Gasteiger charge is -2.22. The summed E-state index contributed by atoms with van der Waals surface area (Å²) in [5.41, 5.74) is 4.91. The number of rotatable bonds is 7. The minimum absolute atomic E-state index is 0.00160. The Labute approximate surface area is 161 Å². The molecule has 0 aromatic heterocycles. The van der Waals surface area contributed by atoms with Gasteiger partial charge >= 0.3 is 0 Å². The van der Waals surface area contributed by atoms with Gasteiger partial charge in [-0.25, -0.2) is 0 Å². The number of thioether (sulfide) groups is 1. The van der Waals surface area contributed by atoms with Crippen molar-refractivity contribution in [3.8, 4) is 0 Å². The Balaban J connectivity index is 1.78. The van der Waals surface area contributed by atoms with Crippen molar-refractivity contribution < 1.29 is 4.79 Å². The summed E-state index contributed by atoms with van der Waals surface area (Å²) in [7, 11) is 0. The maximum Gasteiger partial charge on any atom is 0.252 e. The quantitative estimate of drug-likeness (QED) is 0.502. The molecule has 1 amide bonds. The highest BCUT2D eigenvalue weighted by molar-refractivity contribution is 7.99. The van der Waals surface area contributed by atoms with Crippen LogP contribution in [0, 0.1) is 0 Å². The first-order valence-corrected chi connectivity index (χ1v) is 10.5. The average Bonchev–Trinajstić information content (AvgIpc) is 2.70. The second-order valence-electron chi connectivity index (χ2n) is 6.77. The first-order valence-electron chi connectivity index (χ1n) is 9.48. The van der Waals surface area contributed by atoms with Gasteiger partial charge in [-0.15, -0.1) is 18.3 Å². The summed E-state index contributed by atoms with van der Waals surface area (Å²) in [4.78, 5) is 13.9. The highest BCUT2D eigenvalue weighted by Gasteiger charge is 2.18. The SMILES string of the molecule is C=CCSc1ccccc1C(=O)NC(CC)c1ccc2c(c1)CCCC2. The molecule has 2 nitrogen and oxygen atoms in total. The molecule has 0 aliphatic heterocycles. The Bertz CT molecular complexity index is 784. The molecule has 136 valence electrons. The zero-order valence-electron chi connectivity index (χ0n) is 15.5. The first kappa shape index (κ1) is 18.8. The van der Waals surface area contributed by atoms with Crippen LogP contribution in [0.1, 0.15) is 59.3 Å². The predicted octanol–water partition coefficient (Wildman–Crippen LogP) is 5.72. The van der Waals surface area contributed by atoms with E-state index in [1.165, 1.54) is 36.0 Å². The van der Waals surface area contributed by atoms with Gasteiger partial charge in [-0.2, -0.15) is 0 Å². The molecule has 26 heavy (non-hydrogen) atoms. The molecule has 1 aliphatic carbocycles. The van der Waals surface area contributed by atoms with Gasteiger partial charge in [-0.1, -0.05) is 43.3 Å². The van der Waals surface area contributed by atoms with Crippen molar-refractivity contribution >= 4 is 17.7 Å². The van der Waals surface area contributed by atoms with E-state index in [0.717, 1.165) is 29.1 Å². The van der Waals surface area contributed by atoms with Crippen LogP contribution in [0.4, 0.5) is 0 Å². The van der Waals surface area contributed by atoms with E-state index in [9.17, 15) is 4.79 Å². The molecule has 1 atom stereocenters. The Morgan fingerprint density at radius 3 is 2.73 bits per heavy atom. The third kappa shape index (κ3) is 4.39. The monoisotopic (exact) mass is 365 g/mol. The topological polar surface area (TPSA) is 29.1 Å². The Kier molecular flexibility index (Phi) is 6.56. The molecular weight excluding hydrogens is 338 g/mol. The van der Waals surface area contributed by atoms with Crippen LogP contribution >= 0.6 is 11.8 Å². The molecule has 0 saturated carbocycles. The zero-order chi connectivity index (χ0) is 18.4. The molecule has 0 heterocycles. The van der Waals surface area contributed by atoms with Crippen LogP contribution in [0.3, 0.4) is 0 Å². The number of carbonyl (C=O) groups excluding carboxylic acids is 1. The van der Waals surface area contributed by atoms with Gasteiger partial charge in [-0.05, 0) is 60.9 Å². The molecule has 0 fully saturated rings. The molecule has 3 heteroatoms. The number of carbonyl (C=O) groups is 1. The molecule has 1 unspecified atom stereocenters. The molecule has 0 radical (unpaired) electrons. The molecule has 1 aliphatic rings. The number of benzene rings is 2. The van der Waals surface area contributed by atoms with E-state index in [-0.39, 0.29) is 11.9 Å². The molecule has 2 aromatic rings. The Hall–Kier alpha value is -2.00. The van der Waals surface area contributed by atoms with Crippen LogP contribution in [0.2, 0.25) is 0 Å². The van der Waals surface area contributed by atoms with Gasteiger partial charge in [0.05, 0.1) is 11.6 Å². The Morgan fingerprint density at radius 2 is 1.96 bits per heavy atom. The van der Waals surface area contributed by atoms with Crippen molar-refractivity contribution in [3.05, 3.63) is 77.4 Å². The van der Waals surface area contributed by atoms with E-state index in [1.54, 1.807) is 11.8 Å². The molecule has 2 aromatic carbocycles. The smallest absolute Gasteiger partial charge is 0.252 e. The van der Waals surface area contributed by atoms with Gasteiger partial charge in [0.2, 0.25) is 0 Å². The largest absolute Gasteiger partial charge is 0.345 e. The predicted molar refractivity (Wildman–Crippen MR) is 111 cm³/mol. The van der Waals surface area contributed by atoms with Crippen molar-refractivity contribution in [3.63, 3.8) is 0 Å². The van der Waals surface area contributed by atoms with Crippen molar-refractivity contribution in [2.75, 3.05) is 5.75 Å². The van der Waals surface area contributed by atoms with Gasteiger partial charge in [0.25, 0.3) is 5.91 Å². The zero-order valence-corrected chi connectivity index (χ0v) is 16.3. The molecule has 0 saturated heterocycles. The van der Waals surface area contributed by atoms with E-state index in [4.69, 9.17) is 0 Å². The van der Waals surface area contributed by atoms with Crippen molar-refractivity contribution in [1.82, 2.24) is 5.32 Å². The third-order valence-electron chi connectivity index (χ3n) is 4.98. The number of amides is 1. The van der Waals surface area contributed by atoms with E-state index in [0.29, 0.717) is 0 Å². The van der Waals surface area contributed by atoms with Crippen LogP contribution in [-0.4, -0.2) is 11.7 Å². The minimum Gasteiger partial charge on any atom is -0.345 e. The highest BCUT2D eigenvalue weighted by atomic mass is 32.2. The van der Waals surface area contributed by atoms with Gasteiger partial charge in [0.15, 0.2) is 0 Å². The lowest BCUT2D eigenvalue weighted by molar-refractivity contribution is 0.0932. The lowest BCUT2D eigenvalue weighted by atomic mass is 9.88. The van der Waals surface area contributed by atoms with Gasteiger partial charge in [-0.3, -0.25) is 4.79 Å². The van der Waals surface area contributed by atoms with Crippen LogP contribution in [-0.2, 0) is 12.8 Å². The van der Waals surface area contributed by atoms with E-state index in [2.05, 4.69) is 37.0 Å². The molecule has 1 N–H and O–H groups in total. The minimum atomic E-state index is 0.00160. The van der Waals surface area contributed by atoms with Gasteiger partial charge < -0.3 is 5.32 Å². The summed E-state index contributed by atoms with van der Waals surface area (Å²) in [6.07, 6.45) is 7.65. The molecule has 3 rings (SSSR count). The fourth-order valence-corrected chi connectivity index (χ4v) is 4.34. The highest BCUT2D eigenvalue weighted by Crippen LogP contribution is 2.27. The van der Waals surface area contributed by atoms with E-state index >= 15 is 0 Å². The molecule has 0 bridgehead atoms. The van der Waals surface area contributed by atoms with E-state index in [1.807, 2.05) is 30.3 Å². The standard InChI is InChI=1S/C23H27NOS/c1-3-15-26-22-12-8-7-11-20(22)23(25)24-21(4-2)19-14-13-17-9-5-6-10-18(17)16-19/h3,7-8,11-14,16,21H,1,4-6,9-10,15H2,2H3,(H,24,25). The second kappa shape index (κ2) is 9.09. The van der Waals surface area contributed by atoms with Crippen LogP contribution in [0.15, 0.2) is 60.0 Å².